The molecule has 1 unspecified atom stereocenters. The van der Waals surface area contributed by atoms with Gasteiger partial charge in [0, 0.05) is 31.2 Å². The van der Waals surface area contributed by atoms with Gasteiger partial charge in [-0.2, -0.15) is 0 Å². The quantitative estimate of drug-likeness (QED) is 0.719. The Hall–Kier alpha value is -0.120. The summed E-state index contributed by atoms with van der Waals surface area (Å²) < 4.78 is 0. The van der Waals surface area contributed by atoms with E-state index >= 15 is 0 Å². The van der Waals surface area contributed by atoms with Gasteiger partial charge in [0.2, 0.25) is 0 Å². The normalized spacial score (nSPS) is 29.4. The summed E-state index contributed by atoms with van der Waals surface area (Å²) in [7, 11) is 4.27. The summed E-state index contributed by atoms with van der Waals surface area (Å²) in [6.07, 6.45) is 0. The van der Waals surface area contributed by atoms with Crippen LogP contribution < -0.4 is 5.32 Å². The molecule has 3 nitrogen and oxygen atoms in total. The Morgan fingerprint density at radius 2 is 2.07 bits per heavy atom. The van der Waals surface area contributed by atoms with E-state index in [0.717, 1.165) is 13.1 Å². The van der Waals surface area contributed by atoms with Crippen molar-refractivity contribution in [3.05, 3.63) is 0 Å². The number of nitrogens with one attached hydrogen (secondary N) is 1. The van der Waals surface area contributed by atoms with Crippen molar-refractivity contribution in [3.63, 3.8) is 0 Å². The summed E-state index contributed by atoms with van der Waals surface area (Å²) in [5, 5.41) is 3.28. The lowest BCUT2D eigenvalue weighted by atomic mass is 9.96. The molecule has 0 aromatic carbocycles. The summed E-state index contributed by atoms with van der Waals surface area (Å²) in [4.78, 5) is 5.05. The number of nitrogens with zero attached hydrogens (tertiary/aromatic N) is 2. The maximum atomic E-state index is 3.28. The van der Waals surface area contributed by atoms with Gasteiger partial charge in [0.15, 0.2) is 0 Å². The molecule has 3 heteroatoms. The lowest BCUT2D eigenvalue weighted by Gasteiger charge is -2.49. The van der Waals surface area contributed by atoms with E-state index < -0.39 is 0 Å². The van der Waals surface area contributed by atoms with Crippen LogP contribution in [0.15, 0.2) is 0 Å². The molecule has 0 saturated carbocycles. The molecule has 1 saturated heterocycles. The Morgan fingerprint density at radius 3 is 2.57 bits per heavy atom. The number of hydrogen-bond donors (Lipinski definition) is 1. The Balaban J connectivity index is 2.63. The van der Waals surface area contributed by atoms with Gasteiger partial charge in [-0.25, -0.2) is 0 Å². The van der Waals surface area contributed by atoms with Crippen LogP contribution >= 0.6 is 0 Å². The van der Waals surface area contributed by atoms with Gasteiger partial charge in [-0.3, -0.25) is 9.80 Å². The van der Waals surface area contributed by atoms with Gasteiger partial charge in [-0.05, 0) is 34.5 Å². The second kappa shape index (κ2) is 4.60. The molecular weight excluding hydrogens is 174 g/mol. The third kappa shape index (κ3) is 2.47. The van der Waals surface area contributed by atoms with Crippen LogP contribution in [0.2, 0.25) is 0 Å². The number of rotatable bonds is 3. The van der Waals surface area contributed by atoms with Gasteiger partial charge < -0.3 is 5.32 Å². The molecule has 0 bridgehead atoms. The van der Waals surface area contributed by atoms with Crippen LogP contribution in [0.3, 0.4) is 0 Å². The Bertz CT molecular complexity index is 179. The van der Waals surface area contributed by atoms with E-state index in [9.17, 15) is 0 Å². The standard InChI is InChI=1S/C11H25N3/c1-6-14-9-11(2,3)13(5)8-10(14)7-12-4/h10,12H,6-9H2,1-5H3. The first-order chi connectivity index (χ1) is 6.51. The SMILES string of the molecule is CCN1CC(C)(C)N(C)CC1CNC. The first kappa shape index (κ1) is 12.0. The summed E-state index contributed by atoms with van der Waals surface area (Å²) in [5.74, 6) is 0. The molecule has 1 N–H and O–H groups in total. The highest BCUT2D eigenvalue weighted by Gasteiger charge is 2.35. The summed E-state index contributed by atoms with van der Waals surface area (Å²) in [5.41, 5.74) is 0.320. The first-order valence-corrected chi connectivity index (χ1v) is 5.61. The molecule has 0 aromatic heterocycles. The highest BCUT2D eigenvalue weighted by molar-refractivity contribution is 4.93. The van der Waals surface area contributed by atoms with E-state index in [1.165, 1.54) is 13.1 Å². The second-order valence-corrected chi connectivity index (χ2v) is 4.97. The van der Waals surface area contributed by atoms with Gasteiger partial charge in [0.25, 0.3) is 0 Å². The average Bonchev–Trinajstić information content (AvgIpc) is 2.12. The molecule has 1 aliphatic rings. The highest BCUT2D eigenvalue weighted by atomic mass is 15.3. The van der Waals surface area contributed by atoms with E-state index in [4.69, 9.17) is 0 Å². The zero-order valence-corrected chi connectivity index (χ0v) is 10.3. The van der Waals surface area contributed by atoms with Gasteiger partial charge in [0.1, 0.15) is 0 Å². The van der Waals surface area contributed by atoms with Crippen molar-refractivity contribution in [3.8, 4) is 0 Å². The number of piperazine rings is 1. The van der Waals surface area contributed by atoms with Crippen molar-refractivity contribution in [1.29, 1.82) is 0 Å². The zero-order valence-electron chi connectivity index (χ0n) is 10.3. The molecule has 0 spiro atoms. The molecule has 1 atom stereocenters. The van der Waals surface area contributed by atoms with Gasteiger partial charge in [-0.15, -0.1) is 0 Å². The summed E-state index contributed by atoms with van der Waals surface area (Å²) in [6, 6.07) is 0.669. The summed E-state index contributed by atoms with van der Waals surface area (Å²) in [6.45, 7) is 11.5. The fourth-order valence-corrected chi connectivity index (χ4v) is 2.22. The maximum Gasteiger partial charge on any atom is 0.0348 e. The predicted molar refractivity (Wildman–Crippen MR) is 61.7 cm³/mol. The smallest absolute Gasteiger partial charge is 0.0348 e. The minimum absolute atomic E-state index is 0.320. The van der Waals surface area contributed by atoms with E-state index in [-0.39, 0.29) is 0 Å². The van der Waals surface area contributed by atoms with Crippen LogP contribution in [0.5, 0.6) is 0 Å². The second-order valence-electron chi connectivity index (χ2n) is 4.97. The van der Waals surface area contributed by atoms with Crippen LogP contribution in [-0.2, 0) is 0 Å². The molecule has 0 aromatic rings. The molecule has 0 radical (unpaired) electrons. The maximum absolute atomic E-state index is 3.28. The predicted octanol–water partition coefficient (Wildman–Crippen LogP) is 0.620. The number of hydrogen-bond acceptors (Lipinski definition) is 3. The molecule has 1 rings (SSSR count). The van der Waals surface area contributed by atoms with Gasteiger partial charge in [-0.1, -0.05) is 6.92 Å². The van der Waals surface area contributed by atoms with Crippen LogP contribution in [-0.4, -0.2) is 61.7 Å². The van der Waals surface area contributed by atoms with Crippen LogP contribution in [0.1, 0.15) is 20.8 Å². The minimum atomic E-state index is 0.320. The fourth-order valence-electron chi connectivity index (χ4n) is 2.22. The molecule has 0 amide bonds. The van der Waals surface area contributed by atoms with Gasteiger partial charge in [0.05, 0.1) is 0 Å². The average molecular weight is 199 g/mol. The van der Waals surface area contributed by atoms with Crippen LogP contribution in [0.25, 0.3) is 0 Å². The molecule has 0 aliphatic carbocycles. The monoisotopic (exact) mass is 199 g/mol. The van der Waals surface area contributed by atoms with Crippen molar-refractivity contribution >= 4 is 0 Å². The Morgan fingerprint density at radius 1 is 1.43 bits per heavy atom. The Labute approximate surface area is 88.5 Å². The van der Waals surface area contributed by atoms with Crippen molar-refractivity contribution < 1.29 is 0 Å². The third-order valence-electron chi connectivity index (χ3n) is 3.47. The fraction of sp³-hybridized carbons (Fsp3) is 1.00. The highest BCUT2D eigenvalue weighted by Crippen LogP contribution is 2.21. The van der Waals surface area contributed by atoms with Gasteiger partial charge >= 0.3 is 0 Å². The van der Waals surface area contributed by atoms with Crippen molar-refractivity contribution in [1.82, 2.24) is 15.1 Å². The first-order valence-electron chi connectivity index (χ1n) is 5.61. The summed E-state index contributed by atoms with van der Waals surface area (Å²) >= 11 is 0. The largest absolute Gasteiger partial charge is 0.318 e. The van der Waals surface area contributed by atoms with Crippen molar-refractivity contribution in [2.75, 3.05) is 40.3 Å². The van der Waals surface area contributed by atoms with Crippen molar-refractivity contribution in [2.24, 2.45) is 0 Å². The minimum Gasteiger partial charge on any atom is -0.318 e. The van der Waals surface area contributed by atoms with E-state index in [2.05, 4.69) is 42.9 Å². The molecule has 1 heterocycles. The topological polar surface area (TPSA) is 18.5 Å². The molecule has 1 aliphatic heterocycles. The Kier molecular flexibility index (Phi) is 3.93. The van der Waals surface area contributed by atoms with E-state index in [1.54, 1.807) is 0 Å². The van der Waals surface area contributed by atoms with E-state index in [0.29, 0.717) is 11.6 Å². The lowest BCUT2D eigenvalue weighted by Crippen LogP contribution is -2.63. The third-order valence-corrected chi connectivity index (χ3v) is 3.47. The van der Waals surface area contributed by atoms with E-state index in [1.807, 2.05) is 7.05 Å². The number of likely N-dealkylation sites (N-methyl/N-ethyl adjacent to an activating group) is 3. The van der Waals surface area contributed by atoms with Crippen molar-refractivity contribution in [2.45, 2.75) is 32.4 Å². The molecular formula is C11H25N3. The lowest BCUT2D eigenvalue weighted by molar-refractivity contribution is 0.00272. The van der Waals surface area contributed by atoms with Crippen LogP contribution in [0.4, 0.5) is 0 Å². The molecule has 14 heavy (non-hydrogen) atoms. The molecule has 1 fully saturated rings. The molecule has 84 valence electrons. The zero-order chi connectivity index (χ0) is 10.8. The van der Waals surface area contributed by atoms with Crippen LogP contribution in [0, 0.1) is 0 Å².